The Morgan fingerprint density at radius 3 is 2.64 bits per heavy atom. The van der Waals surface area contributed by atoms with Crippen molar-refractivity contribution in [2.45, 2.75) is 26.0 Å². The van der Waals surface area contributed by atoms with Gasteiger partial charge in [0.05, 0.1) is 6.54 Å². The van der Waals surface area contributed by atoms with E-state index >= 15 is 0 Å². The first-order valence-corrected chi connectivity index (χ1v) is 3.41. The highest BCUT2D eigenvalue weighted by atomic mass is 16.3. The Morgan fingerprint density at radius 2 is 2.36 bits per heavy atom. The molecule has 1 heterocycles. The van der Waals surface area contributed by atoms with Gasteiger partial charge in [-0.3, -0.25) is 0 Å². The van der Waals surface area contributed by atoms with Crippen LogP contribution in [0.25, 0.3) is 0 Å². The number of nitrogens with two attached hydrogens (primary N) is 1. The van der Waals surface area contributed by atoms with Crippen LogP contribution in [0.1, 0.15) is 25.4 Å². The first-order valence-electron chi connectivity index (χ1n) is 3.41. The SMILES string of the molecule is CC(C)(O)c1coc(CN)n1. The standard InChI is InChI=1S/C7H12N2O2/c1-7(2,10)5-4-11-6(3-8)9-5/h4,10H,3,8H2,1-2H3. The van der Waals surface area contributed by atoms with Crippen LogP contribution in [0.3, 0.4) is 0 Å². The first-order chi connectivity index (χ1) is 5.04. The number of rotatable bonds is 2. The molecule has 0 spiro atoms. The molecule has 0 saturated carbocycles. The van der Waals surface area contributed by atoms with Gasteiger partial charge < -0.3 is 15.3 Å². The number of hydrogen-bond donors (Lipinski definition) is 2. The molecule has 4 heteroatoms. The molecule has 0 atom stereocenters. The van der Waals surface area contributed by atoms with Crippen molar-refractivity contribution in [2.75, 3.05) is 0 Å². The smallest absolute Gasteiger partial charge is 0.208 e. The Labute approximate surface area is 65.0 Å². The molecule has 3 N–H and O–H groups in total. The summed E-state index contributed by atoms with van der Waals surface area (Å²) in [5, 5.41) is 9.43. The zero-order chi connectivity index (χ0) is 8.48. The van der Waals surface area contributed by atoms with Crippen molar-refractivity contribution in [3.63, 3.8) is 0 Å². The maximum Gasteiger partial charge on any atom is 0.208 e. The molecule has 0 unspecified atom stereocenters. The molecule has 0 saturated heterocycles. The Hall–Kier alpha value is -0.870. The highest BCUT2D eigenvalue weighted by Crippen LogP contribution is 2.17. The van der Waals surface area contributed by atoms with Gasteiger partial charge in [-0.2, -0.15) is 0 Å². The fourth-order valence-corrected chi connectivity index (χ4v) is 0.686. The lowest BCUT2D eigenvalue weighted by Crippen LogP contribution is -2.16. The monoisotopic (exact) mass is 156 g/mol. The second-order valence-corrected chi connectivity index (χ2v) is 2.89. The first kappa shape index (κ1) is 8.23. The largest absolute Gasteiger partial charge is 0.447 e. The molecule has 0 aliphatic carbocycles. The third-order valence-electron chi connectivity index (χ3n) is 1.35. The third-order valence-corrected chi connectivity index (χ3v) is 1.35. The summed E-state index contributed by atoms with van der Waals surface area (Å²) < 4.78 is 4.94. The van der Waals surface area contributed by atoms with Gasteiger partial charge in [0.2, 0.25) is 5.89 Å². The van der Waals surface area contributed by atoms with Crippen molar-refractivity contribution in [1.82, 2.24) is 4.98 Å². The molecule has 0 bridgehead atoms. The zero-order valence-corrected chi connectivity index (χ0v) is 6.66. The lowest BCUT2D eigenvalue weighted by atomic mass is 10.1. The molecule has 11 heavy (non-hydrogen) atoms. The molecule has 0 amide bonds. The summed E-state index contributed by atoms with van der Waals surface area (Å²) in [4.78, 5) is 3.96. The summed E-state index contributed by atoms with van der Waals surface area (Å²) in [5.74, 6) is 0.446. The highest BCUT2D eigenvalue weighted by Gasteiger charge is 2.20. The Kier molecular flexibility index (Phi) is 1.97. The molecular weight excluding hydrogens is 144 g/mol. The molecule has 1 aromatic heterocycles. The Balaban J connectivity index is 2.89. The van der Waals surface area contributed by atoms with Crippen LogP contribution < -0.4 is 5.73 Å². The van der Waals surface area contributed by atoms with Crippen molar-refractivity contribution in [3.8, 4) is 0 Å². The third kappa shape index (κ3) is 1.78. The van der Waals surface area contributed by atoms with Crippen LogP contribution in [0.5, 0.6) is 0 Å². The van der Waals surface area contributed by atoms with Gasteiger partial charge in [0, 0.05) is 0 Å². The molecule has 0 radical (unpaired) electrons. The predicted octanol–water partition coefficient (Wildman–Crippen LogP) is 0.361. The molecule has 1 rings (SSSR count). The van der Waals surface area contributed by atoms with Crippen molar-refractivity contribution in [3.05, 3.63) is 17.8 Å². The molecule has 0 fully saturated rings. The normalized spacial score (nSPS) is 12.0. The van der Waals surface area contributed by atoms with E-state index in [-0.39, 0.29) is 6.54 Å². The Bertz CT molecular complexity index is 237. The van der Waals surface area contributed by atoms with Crippen LogP contribution in [-0.4, -0.2) is 10.1 Å². The number of hydrogen-bond acceptors (Lipinski definition) is 4. The molecule has 0 aliphatic rings. The predicted molar refractivity (Wildman–Crippen MR) is 39.6 cm³/mol. The van der Waals surface area contributed by atoms with Crippen LogP contribution in [0.15, 0.2) is 10.7 Å². The fraction of sp³-hybridized carbons (Fsp3) is 0.571. The van der Waals surface area contributed by atoms with Gasteiger partial charge in [-0.1, -0.05) is 0 Å². The topological polar surface area (TPSA) is 72.3 Å². The van der Waals surface area contributed by atoms with E-state index < -0.39 is 5.60 Å². The van der Waals surface area contributed by atoms with Crippen LogP contribution in [0, 0.1) is 0 Å². The van der Waals surface area contributed by atoms with Crippen LogP contribution >= 0.6 is 0 Å². The summed E-state index contributed by atoms with van der Waals surface area (Å²) >= 11 is 0. The number of aromatic nitrogens is 1. The van der Waals surface area contributed by atoms with E-state index in [4.69, 9.17) is 10.2 Å². The van der Waals surface area contributed by atoms with Crippen molar-refractivity contribution in [2.24, 2.45) is 5.73 Å². The highest BCUT2D eigenvalue weighted by molar-refractivity contribution is 5.04. The van der Waals surface area contributed by atoms with Gasteiger partial charge >= 0.3 is 0 Å². The summed E-state index contributed by atoms with van der Waals surface area (Å²) in [6.45, 7) is 3.55. The average Bonchev–Trinajstić information content (AvgIpc) is 2.32. The molecule has 0 aromatic carbocycles. The van der Waals surface area contributed by atoms with E-state index in [0.29, 0.717) is 11.6 Å². The van der Waals surface area contributed by atoms with E-state index in [1.165, 1.54) is 6.26 Å². The van der Waals surface area contributed by atoms with Crippen molar-refractivity contribution >= 4 is 0 Å². The summed E-state index contributed by atoms with van der Waals surface area (Å²) in [6, 6.07) is 0. The van der Waals surface area contributed by atoms with Crippen LogP contribution in [-0.2, 0) is 12.1 Å². The molecule has 0 aliphatic heterocycles. The molecule has 4 nitrogen and oxygen atoms in total. The van der Waals surface area contributed by atoms with E-state index in [1.807, 2.05) is 0 Å². The molecular formula is C7H12N2O2. The fourth-order valence-electron chi connectivity index (χ4n) is 0.686. The summed E-state index contributed by atoms with van der Waals surface area (Å²) in [6.07, 6.45) is 1.42. The summed E-state index contributed by atoms with van der Waals surface area (Å²) in [5.41, 5.74) is 4.83. The summed E-state index contributed by atoms with van der Waals surface area (Å²) in [7, 11) is 0. The zero-order valence-electron chi connectivity index (χ0n) is 6.66. The number of aliphatic hydroxyl groups is 1. The van der Waals surface area contributed by atoms with Crippen LogP contribution in [0.4, 0.5) is 0 Å². The minimum atomic E-state index is -0.948. The van der Waals surface area contributed by atoms with E-state index in [1.54, 1.807) is 13.8 Å². The average molecular weight is 156 g/mol. The van der Waals surface area contributed by atoms with E-state index in [0.717, 1.165) is 0 Å². The quantitative estimate of drug-likeness (QED) is 0.648. The van der Waals surface area contributed by atoms with Gasteiger partial charge in [-0.05, 0) is 13.8 Å². The number of oxazole rings is 1. The lowest BCUT2D eigenvalue weighted by molar-refractivity contribution is 0.0737. The Morgan fingerprint density at radius 1 is 1.73 bits per heavy atom. The lowest BCUT2D eigenvalue weighted by Gasteiger charge is -2.11. The minimum Gasteiger partial charge on any atom is -0.447 e. The van der Waals surface area contributed by atoms with E-state index in [9.17, 15) is 5.11 Å². The minimum absolute atomic E-state index is 0.260. The van der Waals surface area contributed by atoms with E-state index in [2.05, 4.69) is 4.98 Å². The van der Waals surface area contributed by atoms with Gasteiger partial charge in [0.15, 0.2) is 0 Å². The van der Waals surface area contributed by atoms with Gasteiger partial charge in [0.1, 0.15) is 17.6 Å². The van der Waals surface area contributed by atoms with Crippen LogP contribution in [0.2, 0.25) is 0 Å². The van der Waals surface area contributed by atoms with Crippen molar-refractivity contribution in [1.29, 1.82) is 0 Å². The van der Waals surface area contributed by atoms with Crippen molar-refractivity contribution < 1.29 is 9.52 Å². The maximum absolute atomic E-state index is 9.43. The second-order valence-electron chi connectivity index (χ2n) is 2.89. The molecule has 1 aromatic rings. The maximum atomic E-state index is 9.43. The van der Waals surface area contributed by atoms with Gasteiger partial charge in [-0.15, -0.1) is 0 Å². The molecule has 62 valence electrons. The second kappa shape index (κ2) is 2.64. The van der Waals surface area contributed by atoms with Gasteiger partial charge in [-0.25, -0.2) is 4.98 Å². The number of nitrogens with zero attached hydrogens (tertiary/aromatic N) is 1. The van der Waals surface area contributed by atoms with Gasteiger partial charge in [0.25, 0.3) is 0 Å².